The minimum atomic E-state index is -0.719. The van der Waals surface area contributed by atoms with Crippen LogP contribution in [0.15, 0.2) is 59.2 Å². The van der Waals surface area contributed by atoms with Gasteiger partial charge in [-0.05, 0) is 37.1 Å². The smallest absolute Gasteiger partial charge is 0.205 e. The lowest BCUT2D eigenvalue weighted by molar-refractivity contribution is -0.116. The van der Waals surface area contributed by atoms with Crippen LogP contribution < -0.4 is 15.2 Å². The standard InChI is InChI=1S/C25H22ClFN2O4/c1-2-31-21-11-15(10-17(26)24(21)32-13-14-6-3-4-7-18(14)27)22-16(12-28)25(29)33-20-9-5-8-19(30)23(20)22/h3-4,6-7,10-11,22H,2,5,8-9,13,29H2,1H3/t22-/m1/s1. The molecule has 2 aromatic rings. The van der Waals surface area contributed by atoms with Gasteiger partial charge in [0.1, 0.15) is 29.8 Å². The number of nitriles is 1. The lowest BCUT2D eigenvalue weighted by atomic mass is 9.77. The summed E-state index contributed by atoms with van der Waals surface area (Å²) in [5.41, 5.74) is 7.52. The fourth-order valence-electron chi connectivity index (χ4n) is 4.11. The molecular formula is C25H22ClFN2O4. The van der Waals surface area contributed by atoms with Crippen LogP contribution in [0.5, 0.6) is 11.5 Å². The van der Waals surface area contributed by atoms with Crippen molar-refractivity contribution in [1.82, 2.24) is 0 Å². The van der Waals surface area contributed by atoms with Gasteiger partial charge in [-0.2, -0.15) is 5.26 Å². The van der Waals surface area contributed by atoms with Crippen molar-refractivity contribution in [2.24, 2.45) is 5.73 Å². The topological polar surface area (TPSA) is 94.6 Å². The predicted octanol–water partition coefficient (Wildman–Crippen LogP) is 5.27. The first-order valence-corrected chi connectivity index (χ1v) is 11.0. The van der Waals surface area contributed by atoms with E-state index in [1.807, 2.05) is 0 Å². The zero-order chi connectivity index (χ0) is 23.5. The molecule has 8 heteroatoms. The second kappa shape index (κ2) is 9.55. The Kier molecular flexibility index (Phi) is 6.57. The maximum Gasteiger partial charge on any atom is 0.205 e. The highest BCUT2D eigenvalue weighted by Gasteiger charge is 2.38. The Hall–Kier alpha value is -3.50. The van der Waals surface area contributed by atoms with E-state index < -0.39 is 5.92 Å². The van der Waals surface area contributed by atoms with Crippen molar-refractivity contribution >= 4 is 17.4 Å². The molecule has 0 fully saturated rings. The first-order valence-electron chi connectivity index (χ1n) is 10.6. The lowest BCUT2D eigenvalue weighted by Crippen LogP contribution is -2.27. The van der Waals surface area contributed by atoms with Gasteiger partial charge in [-0.3, -0.25) is 4.79 Å². The van der Waals surface area contributed by atoms with Crippen molar-refractivity contribution < 1.29 is 23.4 Å². The highest BCUT2D eigenvalue weighted by molar-refractivity contribution is 6.32. The largest absolute Gasteiger partial charge is 0.490 e. The van der Waals surface area contributed by atoms with Gasteiger partial charge in [-0.25, -0.2) is 4.39 Å². The van der Waals surface area contributed by atoms with E-state index in [1.54, 1.807) is 37.3 Å². The van der Waals surface area contributed by atoms with Crippen molar-refractivity contribution in [3.8, 4) is 17.6 Å². The lowest BCUT2D eigenvalue weighted by Gasteiger charge is -2.31. The van der Waals surface area contributed by atoms with Crippen molar-refractivity contribution in [3.05, 3.63) is 81.2 Å². The van der Waals surface area contributed by atoms with E-state index in [2.05, 4.69) is 6.07 Å². The molecule has 2 N–H and O–H groups in total. The van der Waals surface area contributed by atoms with E-state index in [9.17, 15) is 14.4 Å². The Morgan fingerprint density at radius 3 is 2.79 bits per heavy atom. The quantitative estimate of drug-likeness (QED) is 0.620. The summed E-state index contributed by atoms with van der Waals surface area (Å²) >= 11 is 6.57. The van der Waals surface area contributed by atoms with E-state index in [0.717, 1.165) is 0 Å². The number of benzene rings is 2. The molecule has 0 saturated carbocycles. The Labute approximate surface area is 196 Å². The van der Waals surface area contributed by atoms with Gasteiger partial charge in [0.15, 0.2) is 17.3 Å². The van der Waals surface area contributed by atoms with Crippen LogP contribution in [0.25, 0.3) is 0 Å². The molecule has 0 amide bonds. The second-order valence-corrected chi connectivity index (χ2v) is 8.09. The van der Waals surface area contributed by atoms with Crippen LogP contribution >= 0.6 is 11.6 Å². The SMILES string of the molecule is CCOc1cc([C@@H]2C(C#N)=C(N)OC3=C2C(=O)CCC3)cc(Cl)c1OCc1ccccc1F. The number of nitrogens with two attached hydrogens (primary N) is 1. The van der Waals surface area contributed by atoms with Crippen LogP contribution in [0, 0.1) is 17.1 Å². The molecule has 0 saturated heterocycles. The number of ether oxygens (including phenoxy) is 3. The number of hydrogen-bond donors (Lipinski definition) is 1. The molecular weight excluding hydrogens is 447 g/mol. The molecule has 1 aliphatic carbocycles. The van der Waals surface area contributed by atoms with Crippen LogP contribution in [-0.4, -0.2) is 12.4 Å². The number of carbonyl (C=O) groups excluding carboxylic acids is 1. The average Bonchev–Trinajstić information content (AvgIpc) is 2.79. The Morgan fingerprint density at radius 2 is 2.06 bits per heavy atom. The molecule has 33 heavy (non-hydrogen) atoms. The second-order valence-electron chi connectivity index (χ2n) is 7.68. The third-order valence-corrected chi connectivity index (χ3v) is 5.88. The van der Waals surface area contributed by atoms with E-state index in [0.29, 0.717) is 54.1 Å². The van der Waals surface area contributed by atoms with Crippen molar-refractivity contribution in [2.75, 3.05) is 6.61 Å². The van der Waals surface area contributed by atoms with Gasteiger partial charge in [-0.1, -0.05) is 29.8 Å². The molecule has 170 valence electrons. The number of nitrogens with zero attached hydrogens (tertiary/aromatic N) is 1. The number of hydrogen-bond acceptors (Lipinski definition) is 6. The van der Waals surface area contributed by atoms with Gasteiger partial charge < -0.3 is 19.9 Å². The van der Waals surface area contributed by atoms with Crippen LogP contribution in [0.2, 0.25) is 5.02 Å². The summed E-state index contributed by atoms with van der Waals surface area (Å²) in [5.74, 6) is -0.160. The highest BCUT2D eigenvalue weighted by Crippen LogP contribution is 2.47. The summed E-state index contributed by atoms with van der Waals surface area (Å²) in [6.07, 6.45) is 1.59. The third kappa shape index (κ3) is 4.39. The minimum absolute atomic E-state index is 0.0232. The molecule has 2 aliphatic rings. The van der Waals surface area contributed by atoms with Crippen molar-refractivity contribution in [3.63, 3.8) is 0 Å². The fraction of sp³-hybridized carbons (Fsp3) is 0.280. The minimum Gasteiger partial charge on any atom is -0.490 e. The number of rotatable bonds is 6. The number of allylic oxidation sites excluding steroid dienone is 3. The zero-order valence-electron chi connectivity index (χ0n) is 18.0. The first kappa shape index (κ1) is 22.7. The van der Waals surface area contributed by atoms with Gasteiger partial charge in [0, 0.05) is 24.0 Å². The molecule has 2 aromatic carbocycles. The molecule has 6 nitrogen and oxygen atoms in total. The maximum absolute atomic E-state index is 14.0. The van der Waals surface area contributed by atoms with E-state index in [1.165, 1.54) is 6.07 Å². The zero-order valence-corrected chi connectivity index (χ0v) is 18.7. The van der Waals surface area contributed by atoms with Crippen molar-refractivity contribution in [2.45, 2.75) is 38.7 Å². The van der Waals surface area contributed by atoms with Crippen LogP contribution in [0.4, 0.5) is 4.39 Å². The summed E-state index contributed by atoms with van der Waals surface area (Å²) in [6.45, 7) is 2.08. The van der Waals surface area contributed by atoms with Gasteiger partial charge in [0.2, 0.25) is 5.88 Å². The molecule has 0 bridgehead atoms. The number of Topliss-reactive ketones (excluding diaryl/α,β-unsaturated/α-hetero) is 1. The molecule has 0 unspecified atom stereocenters. The first-order chi connectivity index (χ1) is 15.9. The molecule has 0 aromatic heterocycles. The van der Waals surface area contributed by atoms with Gasteiger partial charge in [-0.15, -0.1) is 0 Å². The highest BCUT2D eigenvalue weighted by atomic mass is 35.5. The third-order valence-electron chi connectivity index (χ3n) is 5.60. The summed E-state index contributed by atoms with van der Waals surface area (Å²) in [6, 6.07) is 11.7. The molecule has 4 rings (SSSR count). The summed E-state index contributed by atoms with van der Waals surface area (Å²) in [4.78, 5) is 12.8. The van der Waals surface area contributed by atoms with E-state index in [4.69, 9.17) is 31.5 Å². The summed E-state index contributed by atoms with van der Waals surface area (Å²) in [7, 11) is 0. The van der Waals surface area contributed by atoms with Crippen LogP contribution in [0.3, 0.4) is 0 Å². The van der Waals surface area contributed by atoms with Crippen LogP contribution in [0.1, 0.15) is 43.2 Å². The van der Waals surface area contributed by atoms with Gasteiger partial charge in [0.25, 0.3) is 0 Å². The molecule has 1 heterocycles. The number of ketones is 1. The normalized spacial score (nSPS) is 17.9. The predicted molar refractivity (Wildman–Crippen MR) is 120 cm³/mol. The summed E-state index contributed by atoms with van der Waals surface area (Å²) in [5, 5.41) is 9.98. The Balaban J connectivity index is 1.77. The summed E-state index contributed by atoms with van der Waals surface area (Å²) < 4.78 is 31.2. The Morgan fingerprint density at radius 1 is 1.27 bits per heavy atom. The van der Waals surface area contributed by atoms with E-state index in [-0.39, 0.29) is 40.4 Å². The molecule has 0 radical (unpaired) electrons. The van der Waals surface area contributed by atoms with Crippen molar-refractivity contribution in [1.29, 1.82) is 5.26 Å². The number of carbonyl (C=O) groups is 1. The molecule has 1 atom stereocenters. The number of halogens is 2. The van der Waals surface area contributed by atoms with Gasteiger partial charge >= 0.3 is 0 Å². The van der Waals surface area contributed by atoms with Gasteiger partial charge in [0.05, 0.1) is 17.5 Å². The van der Waals surface area contributed by atoms with E-state index >= 15 is 0 Å². The molecule has 1 aliphatic heterocycles. The molecule has 0 spiro atoms. The Bertz CT molecular complexity index is 1220. The average molecular weight is 469 g/mol. The fourth-order valence-corrected chi connectivity index (χ4v) is 4.39. The van der Waals surface area contributed by atoms with Crippen LogP contribution in [-0.2, 0) is 16.1 Å². The monoisotopic (exact) mass is 468 g/mol. The maximum atomic E-state index is 14.0.